The Kier molecular flexibility index (Phi) is 1.90. The van der Waals surface area contributed by atoms with Gasteiger partial charge in [-0.05, 0) is 33.7 Å². The largest absolute Gasteiger partial charge is 0.344 e. The van der Waals surface area contributed by atoms with Crippen LogP contribution in [0.15, 0.2) is 0 Å². The molecule has 2 aliphatic rings. The Bertz CT molecular complexity index is 181. The highest BCUT2D eigenvalue weighted by Crippen LogP contribution is 2.33. The van der Waals surface area contributed by atoms with Gasteiger partial charge in [0.2, 0.25) is 0 Å². The van der Waals surface area contributed by atoms with E-state index in [9.17, 15) is 0 Å². The fraction of sp³-hybridized carbons (Fsp3) is 1.00. The molecule has 2 saturated heterocycles. The molecule has 12 heavy (non-hydrogen) atoms. The molecule has 3 nitrogen and oxygen atoms in total. The predicted molar refractivity (Wildman–Crippen MR) is 45.9 cm³/mol. The van der Waals surface area contributed by atoms with Crippen molar-refractivity contribution in [3.63, 3.8) is 0 Å². The maximum atomic E-state index is 5.78. The molecule has 0 unspecified atom stereocenters. The first-order valence-corrected chi connectivity index (χ1v) is 4.67. The summed E-state index contributed by atoms with van der Waals surface area (Å²) in [5.74, 6) is -0.379. The zero-order valence-electron chi connectivity index (χ0n) is 7.96. The standard InChI is InChI=1S/C9H17NO2/c1-6-8-7(4-5-10-6)11-9(2,3)12-8/h6-8,10H,4-5H2,1-3H3/t6-,7-,8+/m1/s1. The highest BCUT2D eigenvalue weighted by molar-refractivity contribution is 4.92. The number of ether oxygens (including phenoxy) is 2. The van der Waals surface area contributed by atoms with Gasteiger partial charge in [-0.25, -0.2) is 0 Å². The van der Waals surface area contributed by atoms with Gasteiger partial charge < -0.3 is 14.8 Å². The smallest absolute Gasteiger partial charge is 0.163 e. The Hall–Kier alpha value is -0.120. The van der Waals surface area contributed by atoms with E-state index in [1.54, 1.807) is 0 Å². The molecule has 3 heteroatoms. The number of hydrogen-bond acceptors (Lipinski definition) is 3. The molecule has 0 saturated carbocycles. The number of piperidine rings is 1. The molecule has 0 bridgehead atoms. The van der Waals surface area contributed by atoms with Crippen molar-refractivity contribution in [2.24, 2.45) is 0 Å². The number of fused-ring (bicyclic) bond motifs is 1. The molecule has 0 spiro atoms. The fourth-order valence-corrected chi connectivity index (χ4v) is 2.08. The van der Waals surface area contributed by atoms with Crippen LogP contribution in [0.3, 0.4) is 0 Å². The molecule has 0 aliphatic carbocycles. The summed E-state index contributed by atoms with van der Waals surface area (Å²) < 4.78 is 11.5. The Labute approximate surface area is 73.4 Å². The van der Waals surface area contributed by atoms with E-state index < -0.39 is 0 Å². The zero-order chi connectivity index (χ0) is 8.77. The summed E-state index contributed by atoms with van der Waals surface area (Å²) in [5, 5.41) is 3.39. The maximum absolute atomic E-state index is 5.78. The van der Waals surface area contributed by atoms with Crippen LogP contribution < -0.4 is 5.32 Å². The van der Waals surface area contributed by atoms with Crippen LogP contribution in [-0.4, -0.2) is 30.6 Å². The molecule has 0 aromatic carbocycles. The van der Waals surface area contributed by atoms with Gasteiger partial charge in [-0.15, -0.1) is 0 Å². The lowest BCUT2D eigenvalue weighted by Gasteiger charge is -2.29. The molecule has 2 heterocycles. The van der Waals surface area contributed by atoms with Gasteiger partial charge in [0.15, 0.2) is 5.79 Å². The molecule has 2 fully saturated rings. The average molecular weight is 171 g/mol. The van der Waals surface area contributed by atoms with E-state index in [1.807, 2.05) is 13.8 Å². The van der Waals surface area contributed by atoms with E-state index in [0.29, 0.717) is 12.1 Å². The van der Waals surface area contributed by atoms with Gasteiger partial charge in [0.25, 0.3) is 0 Å². The molecule has 3 atom stereocenters. The highest BCUT2D eigenvalue weighted by atomic mass is 16.8. The first kappa shape index (κ1) is 8.48. The van der Waals surface area contributed by atoms with Gasteiger partial charge in [0.05, 0.1) is 6.10 Å². The number of nitrogens with one attached hydrogen (secondary N) is 1. The van der Waals surface area contributed by atoms with Crippen molar-refractivity contribution in [1.82, 2.24) is 5.32 Å². The van der Waals surface area contributed by atoms with Crippen molar-refractivity contribution in [3.05, 3.63) is 0 Å². The molecular formula is C9H17NO2. The number of hydrogen-bond donors (Lipinski definition) is 1. The Balaban J connectivity index is 2.09. The van der Waals surface area contributed by atoms with E-state index in [1.165, 1.54) is 0 Å². The highest BCUT2D eigenvalue weighted by Gasteiger charge is 2.45. The van der Waals surface area contributed by atoms with E-state index in [-0.39, 0.29) is 11.9 Å². The summed E-state index contributed by atoms with van der Waals surface area (Å²) in [5.41, 5.74) is 0. The summed E-state index contributed by atoms with van der Waals surface area (Å²) in [6.45, 7) is 7.17. The molecule has 2 rings (SSSR count). The van der Waals surface area contributed by atoms with Crippen LogP contribution >= 0.6 is 0 Å². The maximum Gasteiger partial charge on any atom is 0.163 e. The van der Waals surface area contributed by atoms with Crippen molar-refractivity contribution in [1.29, 1.82) is 0 Å². The molecule has 0 radical (unpaired) electrons. The topological polar surface area (TPSA) is 30.5 Å². The Morgan fingerprint density at radius 2 is 2.08 bits per heavy atom. The van der Waals surface area contributed by atoms with Crippen LogP contribution in [0.5, 0.6) is 0 Å². The summed E-state index contributed by atoms with van der Waals surface area (Å²) in [4.78, 5) is 0. The van der Waals surface area contributed by atoms with Gasteiger partial charge in [-0.2, -0.15) is 0 Å². The van der Waals surface area contributed by atoms with Crippen molar-refractivity contribution in [2.45, 2.75) is 51.2 Å². The molecule has 70 valence electrons. The number of rotatable bonds is 0. The summed E-state index contributed by atoms with van der Waals surface area (Å²) in [6.07, 6.45) is 1.61. The van der Waals surface area contributed by atoms with Crippen molar-refractivity contribution in [2.75, 3.05) is 6.54 Å². The first-order chi connectivity index (χ1) is 5.58. The molecule has 1 N–H and O–H groups in total. The second-order valence-electron chi connectivity index (χ2n) is 4.17. The molecule has 0 aromatic rings. The second-order valence-corrected chi connectivity index (χ2v) is 4.17. The van der Waals surface area contributed by atoms with Crippen LogP contribution in [0.25, 0.3) is 0 Å². The van der Waals surface area contributed by atoms with Crippen molar-refractivity contribution < 1.29 is 9.47 Å². The Morgan fingerprint density at radius 3 is 2.75 bits per heavy atom. The van der Waals surface area contributed by atoms with Crippen LogP contribution in [-0.2, 0) is 9.47 Å². The minimum atomic E-state index is -0.379. The monoisotopic (exact) mass is 171 g/mol. The normalized spacial score (nSPS) is 45.8. The van der Waals surface area contributed by atoms with Crippen LogP contribution in [0.2, 0.25) is 0 Å². The van der Waals surface area contributed by atoms with E-state index >= 15 is 0 Å². The SMILES string of the molecule is C[C@H]1NCC[C@H]2OC(C)(C)O[C@@H]12. The molecular weight excluding hydrogens is 154 g/mol. The van der Waals surface area contributed by atoms with Gasteiger partial charge >= 0.3 is 0 Å². The second kappa shape index (κ2) is 2.69. The summed E-state index contributed by atoms with van der Waals surface area (Å²) >= 11 is 0. The van der Waals surface area contributed by atoms with Gasteiger partial charge in [-0.1, -0.05) is 0 Å². The average Bonchev–Trinajstić information content (AvgIpc) is 2.25. The van der Waals surface area contributed by atoms with E-state index in [4.69, 9.17) is 9.47 Å². The van der Waals surface area contributed by atoms with Gasteiger partial charge in [0, 0.05) is 6.04 Å². The lowest BCUT2D eigenvalue weighted by atomic mass is 10.0. The molecule has 0 amide bonds. The van der Waals surface area contributed by atoms with Crippen LogP contribution in [0.1, 0.15) is 27.2 Å². The van der Waals surface area contributed by atoms with Crippen LogP contribution in [0.4, 0.5) is 0 Å². The van der Waals surface area contributed by atoms with Crippen molar-refractivity contribution >= 4 is 0 Å². The minimum absolute atomic E-state index is 0.244. The predicted octanol–water partition coefficient (Wildman–Crippen LogP) is 0.888. The van der Waals surface area contributed by atoms with Crippen LogP contribution in [0, 0.1) is 0 Å². The summed E-state index contributed by atoms with van der Waals surface area (Å²) in [7, 11) is 0. The minimum Gasteiger partial charge on any atom is -0.344 e. The fourth-order valence-electron chi connectivity index (χ4n) is 2.08. The third kappa shape index (κ3) is 1.37. The third-order valence-corrected chi connectivity index (χ3v) is 2.61. The first-order valence-electron chi connectivity index (χ1n) is 4.67. The molecule has 2 aliphatic heterocycles. The van der Waals surface area contributed by atoms with Gasteiger partial charge in [0.1, 0.15) is 6.10 Å². The molecule has 0 aromatic heterocycles. The van der Waals surface area contributed by atoms with E-state index in [2.05, 4.69) is 12.2 Å². The quantitative estimate of drug-likeness (QED) is 0.587. The zero-order valence-corrected chi connectivity index (χ0v) is 7.96. The van der Waals surface area contributed by atoms with Gasteiger partial charge in [-0.3, -0.25) is 0 Å². The third-order valence-electron chi connectivity index (χ3n) is 2.61. The van der Waals surface area contributed by atoms with Crippen molar-refractivity contribution in [3.8, 4) is 0 Å². The summed E-state index contributed by atoms with van der Waals surface area (Å²) in [6, 6.07) is 0.422. The van der Waals surface area contributed by atoms with E-state index in [0.717, 1.165) is 13.0 Å². The lowest BCUT2D eigenvalue weighted by Crippen LogP contribution is -2.49. The lowest BCUT2D eigenvalue weighted by molar-refractivity contribution is -0.146. The Morgan fingerprint density at radius 1 is 1.33 bits per heavy atom.